The van der Waals surface area contributed by atoms with Gasteiger partial charge < -0.3 is 24.4 Å². The van der Waals surface area contributed by atoms with Crippen molar-refractivity contribution in [3.8, 4) is 11.1 Å². The predicted molar refractivity (Wildman–Crippen MR) is 195 cm³/mol. The summed E-state index contributed by atoms with van der Waals surface area (Å²) in [5, 5.41) is 2.75. The maximum absolute atomic E-state index is 13.7. The SMILES string of the molecule is CCOC(=O)C(CCOC(=O)Cc1ccc(NC(=O)c2ccc(C)cc2-c2ccc(C(F)(F)F)cc2)c(C(=O)N(C)C)c1)(C(=O)OCC)c1ccccc1. The molecule has 0 fully saturated rings. The van der Waals surface area contributed by atoms with Gasteiger partial charge in [0.1, 0.15) is 0 Å². The molecular weight excluding hydrogens is 705 g/mol. The van der Waals surface area contributed by atoms with Crippen molar-refractivity contribution < 1.29 is 51.4 Å². The zero-order valence-corrected chi connectivity index (χ0v) is 30.5. The number of halogens is 3. The maximum atomic E-state index is 13.7. The van der Waals surface area contributed by atoms with E-state index in [9.17, 15) is 37.1 Å². The largest absolute Gasteiger partial charge is 0.465 e. The lowest BCUT2D eigenvalue weighted by molar-refractivity contribution is -0.167. The summed E-state index contributed by atoms with van der Waals surface area (Å²) < 4.78 is 55.6. The van der Waals surface area contributed by atoms with Gasteiger partial charge in [0.15, 0.2) is 5.41 Å². The summed E-state index contributed by atoms with van der Waals surface area (Å²) in [5.41, 5.74) is -0.113. The summed E-state index contributed by atoms with van der Waals surface area (Å²) in [6.07, 6.45) is -5.08. The normalized spacial score (nSPS) is 11.3. The summed E-state index contributed by atoms with van der Waals surface area (Å²) in [4.78, 5) is 67.9. The number of hydrogen-bond donors (Lipinski definition) is 1. The van der Waals surface area contributed by atoms with E-state index in [4.69, 9.17) is 14.2 Å². The second-order valence-corrected chi connectivity index (χ2v) is 12.5. The van der Waals surface area contributed by atoms with Crippen LogP contribution < -0.4 is 5.32 Å². The van der Waals surface area contributed by atoms with Crippen LogP contribution in [0.4, 0.5) is 18.9 Å². The van der Waals surface area contributed by atoms with Crippen LogP contribution in [-0.2, 0) is 46.6 Å². The van der Waals surface area contributed by atoms with Gasteiger partial charge in [0, 0.05) is 26.1 Å². The summed E-state index contributed by atoms with van der Waals surface area (Å²) in [5.74, 6) is -3.50. The Labute approximate surface area is 311 Å². The highest BCUT2D eigenvalue weighted by molar-refractivity contribution is 6.12. The quantitative estimate of drug-likeness (QED) is 0.0818. The van der Waals surface area contributed by atoms with Gasteiger partial charge in [0.2, 0.25) is 0 Å². The van der Waals surface area contributed by atoms with Crippen molar-refractivity contribution >= 4 is 35.4 Å². The molecule has 0 bridgehead atoms. The monoisotopic (exact) mass is 746 g/mol. The third-order valence-corrected chi connectivity index (χ3v) is 8.51. The van der Waals surface area contributed by atoms with Crippen LogP contribution in [0.25, 0.3) is 11.1 Å². The number of esters is 3. The number of hydrogen-bond acceptors (Lipinski definition) is 8. The van der Waals surface area contributed by atoms with E-state index >= 15 is 0 Å². The lowest BCUT2D eigenvalue weighted by atomic mass is 9.77. The molecule has 54 heavy (non-hydrogen) atoms. The van der Waals surface area contributed by atoms with Gasteiger partial charge in [-0.3, -0.25) is 24.0 Å². The van der Waals surface area contributed by atoms with Crippen LogP contribution >= 0.6 is 0 Å². The topological polar surface area (TPSA) is 128 Å². The molecule has 284 valence electrons. The molecule has 0 saturated heterocycles. The number of anilines is 1. The fraction of sp³-hybridized carbons (Fsp3) is 0.293. The standard InChI is InChI=1S/C41H41F3N2O8/c1-6-52-38(50)40(39(51)53-7-2,29-11-9-8-10-12-29)21-22-54-35(47)25-27-14-20-34(33(24-27)37(49)46(4)5)45-36(48)31-19-13-26(3)23-32(31)28-15-17-30(18-16-28)41(42,43)44/h8-20,23-24H,6-7,21-22,25H2,1-5H3,(H,45,48). The molecule has 0 aromatic heterocycles. The van der Waals surface area contributed by atoms with Crippen LogP contribution in [0.3, 0.4) is 0 Å². The lowest BCUT2D eigenvalue weighted by Gasteiger charge is -2.29. The number of carbonyl (C=O) groups excluding carboxylic acids is 5. The first kappa shape index (κ1) is 40.8. The third-order valence-electron chi connectivity index (χ3n) is 8.51. The van der Waals surface area contributed by atoms with Gasteiger partial charge in [-0.15, -0.1) is 0 Å². The molecule has 10 nitrogen and oxygen atoms in total. The van der Waals surface area contributed by atoms with Gasteiger partial charge in [-0.25, -0.2) is 0 Å². The number of nitrogens with zero attached hydrogens (tertiary/aromatic N) is 1. The highest BCUT2D eigenvalue weighted by Crippen LogP contribution is 2.34. The van der Waals surface area contributed by atoms with E-state index in [1.165, 1.54) is 49.3 Å². The predicted octanol–water partition coefficient (Wildman–Crippen LogP) is 7.17. The first-order chi connectivity index (χ1) is 25.6. The Balaban J connectivity index is 1.56. The first-order valence-electron chi connectivity index (χ1n) is 17.1. The van der Waals surface area contributed by atoms with Gasteiger partial charge >= 0.3 is 24.1 Å². The molecule has 0 aliphatic carbocycles. The van der Waals surface area contributed by atoms with Crippen molar-refractivity contribution in [1.82, 2.24) is 4.90 Å². The van der Waals surface area contributed by atoms with Gasteiger partial charge in [-0.2, -0.15) is 13.2 Å². The molecule has 2 amide bonds. The van der Waals surface area contributed by atoms with Gasteiger partial charge in [-0.1, -0.05) is 66.2 Å². The number of nitrogens with one attached hydrogen (secondary N) is 1. The zero-order valence-electron chi connectivity index (χ0n) is 30.5. The third kappa shape index (κ3) is 9.51. The Bertz CT molecular complexity index is 1980. The Morgan fingerprint density at radius 2 is 1.35 bits per heavy atom. The molecule has 0 unspecified atom stereocenters. The summed E-state index contributed by atoms with van der Waals surface area (Å²) in [6.45, 7) is 4.65. The number of amides is 2. The van der Waals surface area contributed by atoms with Crippen molar-refractivity contribution in [3.63, 3.8) is 0 Å². The smallest absolute Gasteiger partial charge is 0.416 e. The van der Waals surface area contributed by atoms with Crippen molar-refractivity contribution in [2.45, 2.75) is 45.2 Å². The maximum Gasteiger partial charge on any atom is 0.416 e. The summed E-state index contributed by atoms with van der Waals surface area (Å²) >= 11 is 0. The Hall–Kier alpha value is -5.98. The number of alkyl halides is 3. The molecule has 0 saturated carbocycles. The van der Waals surface area contributed by atoms with Crippen molar-refractivity contribution in [2.24, 2.45) is 0 Å². The van der Waals surface area contributed by atoms with Crippen molar-refractivity contribution in [1.29, 1.82) is 0 Å². The Kier molecular flexibility index (Phi) is 13.4. The van der Waals surface area contributed by atoms with Gasteiger partial charge in [0.05, 0.1) is 43.1 Å². The molecule has 4 aromatic rings. The molecule has 4 rings (SSSR count). The van der Waals surface area contributed by atoms with Gasteiger partial charge in [0.25, 0.3) is 11.8 Å². The van der Waals surface area contributed by atoms with Crippen LogP contribution in [0.5, 0.6) is 0 Å². The number of rotatable bonds is 14. The molecule has 0 aliphatic rings. The van der Waals surface area contributed by atoms with Crippen molar-refractivity contribution in [2.75, 3.05) is 39.2 Å². The minimum Gasteiger partial charge on any atom is -0.465 e. The molecule has 0 radical (unpaired) electrons. The van der Waals surface area contributed by atoms with E-state index < -0.39 is 46.9 Å². The second-order valence-electron chi connectivity index (χ2n) is 12.5. The zero-order chi connectivity index (χ0) is 39.6. The summed E-state index contributed by atoms with van der Waals surface area (Å²) in [6, 6.07) is 22.0. The number of aryl methyl sites for hydroxylation is 1. The number of ether oxygens (including phenoxy) is 3. The molecule has 0 heterocycles. The fourth-order valence-corrected chi connectivity index (χ4v) is 5.79. The van der Waals surface area contributed by atoms with E-state index in [0.29, 0.717) is 22.3 Å². The molecular formula is C41H41F3N2O8. The molecule has 13 heteroatoms. The first-order valence-corrected chi connectivity index (χ1v) is 17.1. The molecule has 4 aromatic carbocycles. The molecule has 1 N–H and O–H groups in total. The van der Waals surface area contributed by atoms with Gasteiger partial charge in [-0.05, 0) is 73.4 Å². The number of carbonyl (C=O) groups is 5. The fourth-order valence-electron chi connectivity index (χ4n) is 5.79. The van der Waals surface area contributed by atoms with Crippen molar-refractivity contribution in [3.05, 3.63) is 124 Å². The van der Waals surface area contributed by atoms with E-state index in [1.54, 1.807) is 69.3 Å². The van der Waals surface area contributed by atoms with Crippen LogP contribution in [0.2, 0.25) is 0 Å². The van der Waals surface area contributed by atoms with Crippen LogP contribution in [-0.4, -0.2) is 68.5 Å². The highest BCUT2D eigenvalue weighted by Gasteiger charge is 2.50. The summed E-state index contributed by atoms with van der Waals surface area (Å²) in [7, 11) is 3.04. The van der Waals surface area contributed by atoms with E-state index in [2.05, 4.69) is 5.32 Å². The van der Waals surface area contributed by atoms with E-state index in [-0.39, 0.29) is 49.5 Å². The minimum atomic E-state index is -4.52. The highest BCUT2D eigenvalue weighted by atomic mass is 19.4. The van der Waals surface area contributed by atoms with Crippen LogP contribution in [0.15, 0.2) is 91.0 Å². The number of benzene rings is 4. The van der Waals surface area contributed by atoms with E-state index in [0.717, 1.165) is 17.7 Å². The van der Waals surface area contributed by atoms with Crippen LogP contribution in [0.1, 0.15) is 63.2 Å². The van der Waals surface area contributed by atoms with E-state index in [1.807, 2.05) is 0 Å². The average molecular weight is 747 g/mol. The Morgan fingerprint density at radius 1 is 0.722 bits per heavy atom. The average Bonchev–Trinajstić information content (AvgIpc) is 3.13. The molecule has 0 aliphatic heterocycles. The second kappa shape index (κ2) is 17.7. The van der Waals surface area contributed by atoms with Crippen LogP contribution in [0, 0.1) is 6.92 Å². The minimum absolute atomic E-state index is 0.00238. The molecule has 0 atom stereocenters. The Morgan fingerprint density at radius 3 is 1.93 bits per heavy atom. The lowest BCUT2D eigenvalue weighted by Crippen LogP contribution is -2.47. The molecule has 0 spiro atoms.